The molecule has 1 aliphatic rings. The van der Waals surface area contributed by atoms with E-state index in [9.17, 15) is 9.59 Å². The molecule has 7 heteroatoms. The molecule has 22 heavy (non-hydrogen) atoms. The van der Waals surface area contributed by atoms with Crippen molar-refractivity contribution in [3.8, 4) is 5.88 Å². The van der Waals surface area contributed by atoms with Gasteiger partial charge in [-0.1, -0.05) is 0 Å². The van der Waals surface area contributed by atoms with Crippen LogP contribution in [0.4, 0.5) is 0 Å². The normalized spacial score (nSPS) is 17.5. The molecule has 0 spiro atoms. The Morgan fingerprint density at radius 2 is 2.27 bits per heavy atom. The number of hydrogen-bond acceptors (Lipinski definition) is 4. The molecule has 0 aliphatic carbocycles. The van der Waals surface area contributed by atoms with Crippen molar-refractivity contribution >= 4 is 21.8 Å². The average molecular weight is 364 g/mol. The summed E-state index contributed by atoms with van der Waals surface area (Å²) in [5, 5.41) is 0. The molecule has 1 fully saturated rings. The Hall–Kier alpha value is -2.15. The number of likely N-dealkylation sites (tertiary alicyclic amines) is 1. The molecule has 0 radical (unpaired) electrons. The number of aromatic nitrogens is 2. The molecule has 1 unspecified atom stereocenters. The second kappa shape index (κ2) is 6.31. The lowest BCUT2D eigenvalue weighted by molar-refractivity contribution is 0.0769. The largest absolute Gasteiger partial charge is 0.472 e. The molecule has 2 aromatic heterocycles. The maximum atomic E-state index is 12.4. The third-order valence-electron chi connectivity index (χ3n) is 3.48. The maximum Gasteiger partial charge on any atom is 0.260 e. The van der Waals surface area contributed by atoms with Gasteiger partial charge in [0.15, 0.2) is 0 Å². The molecular formula is C15H14BrN3O3. The van der Waals surface area contributed by atoms with Crippen LogP contribution in [0.5, 0.6) is 5.88 Å². The van der Waals surface area contributed by atoms with E-state index in [-0.39, 0.29) is 23.1 Å². The average Bonchev–Trinajstić information content (AvgIpc) is 2.98. The van der Waals surface area contributed by atoms with Gasteiger partial charge in [-0.15, -0.1) is 0 Å². The number of halogens is 1. The third-order valence-corrected chi connectivity index (χ3v) is 4.09. The lowest BCUT2D eigenvalue weighted by Gasteiger charge is -2.17. The van der Waals surface area contributed by atoms with Crippen molar-refractivity contribution in [1.82, 2.24) is 14.9 Å². The van der Waals surface area contributed by atoms with Gasteiger partial charge in [0.1, 0.15) is 11.7 Å². The van der Waals surface area contributed by atoms with Gasteiger partial charge in [0.05, 0.1) is 11.0 Å². The highest BCUT2D eigenvalue weighted by atomic mass is 79.9. The topological polar surface area (TPSA) is 75.3 Å². The molecule has 2 aromatic rings. The van der Waals surface area contributed by atoms with Crippen LogP contribution in [0.1, 0.15) is 16.8 Å². The van der Waals surface area contributed by atoms with E-state index in [0.29, 0.717) is 25.4 Å². The number of ether oxygens (including phenoxy) is 1. The highest BCUT2D eigenvalue weighted by Gasteiger charge is 2.29. The van der Waals surface area contributed by atoms with Crippen molar-refractivity contribution in [2.45, 2.75) is 12.5 Å². The Balaban J connectivity index is 1.68. The van der Waals surface area contributed by atoms with Crippen molar-refractivity contribution < 1.29 is 9.53 Å². The van der Waals surface area contributed by atoms with Gasteiger partial charge in [-0.05, 0) is 40.2 Å². The van der Waals surface area contributed by atoms with Crippen LogP contribution in [-0.2, 0) is 0 Å². The molecule has 0 bridgehead atoms. The number of hydrogen-bond donors (Lipinski definition) is 1. The van der Waals surface area contributed by atoms with Crippen molar-refractivity contribution in [3.63, 3.8) is 0 Å². The van der Waals surface area contributed by atoms with E-state index in [2.05, 4.69) is 25.9 Å². The van der Waals surface area contributed by atoms with E-state index < -0.39 is 0 Å². The molecule has 3 heterocycles. The van der Waals surface area contributed by atoms with Gasteiger partial charge in [-0.25, -0.2) is 4.98 Å². The monoisotopic (exact) mass is 363 g/mol. The Morgan fingerprint density at radius 1 is 1.41 bits per heavy atom. The number of H-pyrrole nitrogens is 1. The van der Waals surface area contributed by atoms with Crippen LogP contribution in [0.3, 0.4) is 0 Å². The number of nitrogens with zero attached hydrogens (tertiary/aromatic N) is 2. The molecular weight excluding hydrogens is 350 g/mol. The Labute approximate surface area is 135 Å². The van der Waals surface area contributed by atoms with E-state index in [1.807, 2.05) is 12.1 Å². The fourth-order valence-corrected chi connectivity index (χ4v) is 2.73. The summed E-state index contributed by atoms with van der Waals surface area (Å²) in [5.41, 5.74) is -0.216. The molecule has 1 saturated heterocycles. The van der Waals surface area contributed by atoms with Crippen LogP contribution >= 0.6 is 15.9 Å². The van der Waals surface area contributed by atoms with Crippen molar-refractivity contribution in [2.75, 3.05) is 13.1 Å². The number of amides is 1. The van der Waals surface area contributed by atoms with Crippen LogP contribution in [-0.4, -0.2) is 40.0 Å². The van der Waals surface area contributed by atoms with E-state index in [1.165, 1.54) is 12.3 Å². The van der Waals surface area contributed by atoms with Crippen LogP contribution in [0, 0.1) is 0 Å². The van der Waals surface area contributed by atoms with Crippen LogP contribution < -0.4 is 10.3 Å². The summed E-state index contributed by atoms with van der Waals surface area (Å²) in [6.07, 6.45) is 3.74. The van der Waals surface area contributed by atoms with Crippen LogP contribution in [0.2, 0.25) is 0 Å². The first-order valence-corrected chi connectivity index (χ1v) is 7.68. The SMILES string of the molecule is O=C(c1ccc[nH]c1=O)N1CCC(Oc2ncccc2Br)C1. The maximum absolute atomic E-state index is 12.4. The first-order chi connectivity index (χ1) is 10.6. The van der Waals surface area contributed by atoms with Crippen molar-refractivity contribution in [2.24, 2.45) is 0 Å². The van der Waals surface area contributed by atoms with E-state index in [1.54, 1.807) is 17.2 Å². The van der Waals surface area contributed by atoms with Crippen LogP contribution in [0.15, 0.2) is 45.9 Å². The summed E-state index contributed by atoms with van der Waals surface area (Å²) >= 11 is 3.38. The quantitative estimate of drug-likeness (QED) is 0.902. The van der Waals surface area contributed by atoms with Gasteiger partial charge in [0, 0.05) is 25.4 Å². The number of carbonyl (C=O) groups excluding carboxylic acids is 1. The summed E-state index contributed by atoms with van der Waals surface area (Å²) in [6, 6.07) is 6.83. The molecule has 1 N–H and O–H groups in total. The molecule has 3 rings (SSSR count). The second-order valence-corrected chi connectivity index (χ2v) is 5.84. The summed E-state index contributed by atoms with van der Waals surface area (Å²) in [5.74, 6) is 0.243. The number of pyridine rings is 2. The van der Waals surface area contributed by atoms with Gasteiger partial charge in [-0.3, -0.25) is 9.59 Å². The van der Waals surface area contributed by atoms with E-state index in [0.717, 1.165) is 4.47 Å². The number of carbonyl (C=O) groups is 1. The third kappa shape index (κ3) is 3.04. The standard InChI is InChI=1S/C15H14BrN3O3/c16-12-4-2-7-18-14(12)22-10-5-8-19(9-10)15(21)11-3-1-6-17-13(11)20/h1-4,6-7,10H,5,8-9H2,(H,17,20). The van der Waals surface area contributed by atoms with Gasteiger partial charge in [0.25, 0.3) is 11.5 Å². The fraction of sp³-hybridized carbons (Fsp3) is 0.267. The highest BCUT2D eigenvalue weighted by molar-refractivity contribution is 9.10. The molecule has 6 nitrogen and oxygen atoms in total. The van der Waals surface area contributed by atoms with Crippen molar-refractivity contribution in [1.29, 1.82) is 0 Å². The number of nitrogens with one attached hydrogen (secondary N) is 1. The Kier molecular flexibility index (Phi) is 4.24. The highest BCUT2D eigenvalue weighted by Crippen LogP contribution is 2.24. The number of aromatic amines is 1. The zero-order valence-electron chi connectivity index (χ0n) is 11.7. The minimum absolute atomic E-state index is 0.127. The summed E-state index contributed by atoms with van der Waals surface area (Å²) < 4.78 is 6.59. The molecule has 1 aliphatic heterocycles. The Morgan fingerprint density at radius 3 is 3.05 bits per heavy atom. The van der Waals surface area contributed by atoms with Gasteiger partial charge in [0.2, 0.25) is 5.88 Å². The first-order valence-electron chi connectivity index (χ1n) is 6.89. The zero-order valence-corrected chi connectivity index (χ0v) is 13.2. The molecule has 1 amide bonds. The van der Waals surface area contributed by atoms with E-state index >= 15 is 0 Å². The molecule has 0 aromatic carbocycles. The molecule has 114 valence electrons. The smallest absolute Gasteiger partial charge is 0.260 e. The predicted molar refractivity (Wildman–Crippen MR) is 83.9 cm³/mol. The van der Waals surface area contributed by atoms with Gasteiger partial charge >= 0.3 is 0 Å². The predicted octanol–water partition coefficient (Wildman–Crippen LogP) is 1.83. The van der Waals surface area contributed by atoms with Gasteiger partial charge in [-0.2, -0.15) is 0 Å². The lowest BCUT2D eigenvalue weighted by Crippen LogP contribution is -2.34. The minimum Gasteiger partial charge on any atom is -0.472 e. The van der Waals surface area contributed by atoms with Gasteiger partial charge < -0.3 is 14.6 Å². The summed E-state index contributed by atoms with van der Waals surface area (Å²) in [7, 11) is 0. The summed E-state index contributed by atoms with van der Waals surface area (Å²) in [6.45, 7) is 0.998. The number of rotatable bonds is 3. The fourth-order valence-electron chi connectivity index (χ4n) is 2.38. The molecule has 1 atom stereocenters. The first kappa shape index (κ1) is 14.8. The summed E-state index contributed by atoms with van der Waals surface area (Å²) in [4.78, 5) is 32.3. The van der Waals surface area contributed by atoms with Crippen molar-refractivity contribution in [3.05, 3.63) is 57.0 Å². The second-order valence-electron chi connectivity index (χ2n) is 4.98. The Bertz CT molecular complexity index is 747. The minimum atomic E-state index is -0.371. The molecule has 0 saturated carbocycles. The van der Waals surface area contributed by atoms with Crippen LogP contribution in [0.25, 0.3) is 0 Å². The zero-order chi connectivity index (χ0) is 15.5. The van der Waals surface area contributed by atoms with E-state index in [4.69, 9.17) is 4.74 Å². The lowest BCUT2D eigenvalue weighted by atomic mass is 10.2.